The van der Waals surface area contributed by atoms with Crippen LogP contribution < -0.4 is 5.32 Å². The molecule has 78 valence electrons. The van der Waals surface area contributed by atoms with Crippen LogP contribution in [0.5, 0.6) is 0 Å². The Bertz CT molecular complexity index is 286. The molecule has 0 spiro atoms. The van der Waals surface area contributed by atoms with Crippen LogP contribution in [0.15, 0.2) is 18.2 Å². The fourth-order valence-corrected chi connectivity index (χ4v) is 1.31. The van der Waals surface area contributed by atoms with E-state index in [1.165, 1.54) is 12.1 Å². The zero-order chi connectivity index (χ0) is 10.6. The number of rotatable bonds is 4. The summed E-state index contributed by atoms with van der Waals surface area (Å²) in [4.78, 5) is 0. The van der Waals surface area contributed by atoms with Crippen molar-refractivity contribution in [1.29, 1.82) is 0 Å². The third-order valence-electron chi connectivity index (χ3n) is 1.85. The molecule has 0 aromatic heterocycles. The van der Waals surface area contributed by atoms with Crippen molar-refractivity contribution < 1.29 is 9.50 Å². The van der Waals surface area contributed by atoms with Gasteiger partial charge in [-0.2, -0.15) is 0 Å². The van der Waals surface area contributed by atoms with Gasteiger partial charge in [0.25, 0.3) is 0 Å². The van der Waals surface area contributed by atoms with Crippen molar-refractivity contribution in [3.63, 3.8) is 0 Å². The smallest absolute Gasteiger partial charge is 0.125 e. The van der Waals surface area contributed by atoms with Crippen molar-refractivity contribution in [2.24, 2.45) is 0 Å². The van der Waals surface area contributed by atoms with Gasteiger partial charge in [-0.15, -0.1) is 0 Å². The summed E-state index contributed by atoms with van der Waals surface area (Å²) in [7, 11) is 0. The number of benzene rings is 1. The van der Waals surface area contributed by atoms with Crippen molar-refractivity contribution in [2.45, 2.75) is 19.5 Å². The number of halogens is 2. The summed E-state index contributed by atoms with van der Waals surface area (Å²) in [6.45, 7) is 2.41. The lowest BCUT2D eigenvalue weighted by Crippen LogP contribution is -2.28. The molecule has 0 aliphatic rings. The van der Waals surface area contributed by atoms with Crippen LogP contribution in [0.2, 0.25) is 5.02 Å². The molecule has 0 amide bonds. The summed E-state index contributed by atoms with van der Waals surface area (Å²) in [5, 5.41) is 12.2. The van der Waals surface area contributed by atoms with Gasteiger partial charge in [0.1, 0.15) is 5.82 Å². The minimum absolute atomic E-state index is 0.00274. The van der Waals surface area contributed by atoms with Crippen LogP contribution in [0.25, 0.3) is 0 Å². The summed E-state index contributed by atoms with van der Waals surface area (Å²) >= 11 is 5.68. The van der Waals surface area contributed by atoms with Gasteiger partial charge in [0, 0.05) is 17.6 Å². The molecule has 0 aliphatic heterocycles. The molecule has 1 atom stereocenters. The Morgan fingerprint density at radius 2 is 2.21 bits per heavy atom. The molecule has 4 heteroatoms. The average molecular weight is 218 g/mol. The molecular weight excluding hydrogens is 205 g/mol. The van der Waals surface area contributed by atoms with E-state index in [1.807, 2.05) is 6.92 Å². The Morgan fingerprint density at radius 3 is 2.79 bits per heavy atom. The van der Waals surface area contributed by atoms with Crippen molar-refractivity contribution in [3.8, 4) is 0 Å². The van der Waals surface area contributed by atoms with E-state index in [1.54, 1.807) is 6.07 Å². The molecule has 1 aromatic carbocycles. The predicted octanol–water partition coefficient (Wildman–Crippen LogP) is 1.95. The molecule has 14 heavy (non-hydrogen) atoms. The normalized spacial score (nSPS) is 12.9. The molecule has 0 radical (unpaired) electrons. The highest BCUT2D eigenvalue weighted by Gasteiger charge is 2.01. The van der Waals surface area contributed by atoms with Gasteiger partial charge in [-0.1, -0.05) is 11.6 Å². The molecule has 0 heterocycles. The zero-order valence-electron chi connectivity index (χ0n) is 7.93. The van der Waals surface area contributed by atoms with E-state index in [-0.39, 0.29) is 18.5 Å². The first-order valence-electron chi connectivity index (χ1n) is 4.41. The molecule has 0 bridgehead atoms. The lowest BCUT2D eigenvalue weighted by atomic mass is 10.2. The molecule has 2 nitrogen and oxygen atoms in total. The Morgan fingerprint density at radius 1 is 1.50 bits per heavy atom. The minimum atomic E-state index is -0.342. The molecule has 0 aliphatic carbocycles. The number of nitrogens with one attached hydrogen (secondary N) is 1. The maximum atomic E-state index is 12.9. The maximum absolute atomic E-state index is 12.9. The standard InChI is InChI=1S/C10H13ClFNO/c1-7(6-14)13-5-8-2-9(11)4-10(12)3-8/h2-4,7,13-14H,5-6H2,1H3/t7-/m1/s1. The number of hydrogen-bond acceptors (Lipinski definition) is 2. The lowest BCUT2D eigenvalue weighted by molar-refractivity contribution is 0.251. The van der Waals surface area contributed by atoms with Crippen molar-refractivity contribution in [1.82, 2.24) is 5.32 Å². The number of hydrogen-bond donors (Lipinski definition) is 2. The van der Waals surface area contributed by atoms with Crippen LogP contribution in [-0.4, -0.2) is 17.8 Å². The van der Waals surface area contributed by atoms with Gasteiger partial charge in [-0.25, -0.2) is 4.39 Å². The zero-order valence-corrected chi connectivity index (χ0v) is 8.68. The second kappa shape index (κ2) is 5.29. The molecule has 0 unspecified atom stereocenters. The van der Waals surface area contributed by atoms with Gasteiger partial charge in [-0.3, -0.25) is 0 Å². The van der Waals surface area contributed by atoms with E-state index >= 15 is 0 Å². The van der Waals surface area contributed by atoms with Gasteiger partial charge in [0.05, 0.1) is 6.61 Å². The predicted molar refractivity (Wildman–Crippen MR) is 54.8 cm³/mol. The first-order chi connectivity index (χ1) is 6.61. The largest absolute Gasteiger partial charge is 0.395 e. The summed E-state index contributed by atoms with van der Waals surface area (Å²) in [5.41, 5.74) is 0.773. The third-order valence-corrected chi connectivity index (χ3v) is 2.07. The van der Waals surface area contributed by atoms with Crippen molar-refractivity contribution in [3.05, 3.63) is 34.6 Å². The Hall–Kier alpha value is -0.640. The molecule has 2 N–H and O–H groups in total. The summed E-state index contributed by atoms with van der Waals surface area (Å²) in [6, 6.07) is 4.38. The summed E-state index contributed by atoms with van der Waals surface area (Å²) in [6.07, 6.45) is 0. The second-order valence-electron chi connectivity index (χ2n) is 3.24. The SMILES string of the molecule is C[C@H](CO)NCc1cc(F)cc(Cl)c1. The Labute approximate surface area is 87.7 Å². The monoisotopic (exact) mass is 217 g/mol. The topological polar surface area (TPSA) is 32.3 Å². The number of aliphatic hydroxyl groups excluding tert-OH is 1. The van der Waals surface area contributed by atoms with Crippen LogP contribution >= 0.6 is 11.6 Å². The van der Waals surface area contributed by atoms with E-state index in [0.717, 1.165) is 5.56 Å². The van der Waals surface area contributed by atoms with E-state index in [9.17, 15) is 4.39 Å². The van der Waals surface area contributed by atoms with Crippen LogP contribution in [0.4, 0.5) is 4.39 Å². The molecule has 1 aromatic rings. The van der Waals surface area contributed by atoms with E-state index in [2.05, 4.69) is 5.32 Å². The quantitative estimate of drug-likeness (QED) is 0.808. The van der Waals surface area contributed by atoms with E-state index < -0.39 is 0 Å². The van der Waals surface area contributed by atoms with E-state index in [4.69, 9.17) is 16.7 Å². The van der Waals surface area contributed by atoms with Crippen LogP contribution in [0, 0.1) is 5.82 Å². The highest BCUT2D eigenvalue weighted by molar-refractivity contribution is 6.30. The van der Waals surface area contributed by atoms with Gasteiger partial charge in [-0.05, 0) is 30.7 Å². The van der Waals surface area contributed by atoms with Gasteiger partial charge >= 0.3 is 0 Å². The Balaban J connectivity index is 2.58. The van der Waals surface area contributed by atoms with Gasteiger partial charge < -0.3 is 10.4 Å². The lowest BCUT2D eigenvalue weighted by Gasteiger charge is -2.10. The fraction of sp³-hybridized carbons (Fsp3) is 0.400. The van der Waals surface area contributed by atoms with Crippen molar-refractivity contribution in [2.75, 3.05) is 6.61 Å². The van der Waals surface area contributed by atoms with Crippen molar-refractivity contribution >= 4 is 11.6 Å². The first kappa shape index (κ1) is 11.4. The summed E-state index contributed by atoms with van der Waals surface area (Å²) in [5.74, 6) is -0.342. The van der Waals surface area contributed by atoms with Crippen LogP contribution in [0.3, 0.4) is 0 Å². The average Bonchev–Trinajstić information content (AvgIpc) is 2.12. The molecule has 0 saturated heterocycles. The highest BCUT2D eigenvalue weighted by atomic mass is 35.5. The molecule has 0 fully saturated rings. The molecular formula is C10H13ClFNO. The molecule has 0 saturated carbocycles. The number of aliphatic hydroxyl groups is 1. The van der Waals surface area contributed by atoms with Gasteiger partial charge in [0.2, 0.25) is 0 Å². The van der Waals surface area contributed by atoms with Gasteiger partial charge in [0.15, 0.2) is 0 Å². The molecule has 1 rings (SSSR count). The van der Waals surface area contributed by atoms with Crippen LogP contribution in [0.1, 0.15) is 12.5 Å². The Kier molecular flexibility index (Phi) is 4.32. The fourth-order valence-electron chi connectivity index (χ4n) is 1.07. The second-order valence-corrected chi connectivity index (χ2v) is 3.68. The van der Waals surface area contributed by atoms with Crippen LogP contribution in [-0.2, 0) is 6.54 Å². The first-order valence-corrected chi connectivity index (χ1v) is 4.79. The third kappa shape index (κ3) is 3.62. The highest BCUT2D eigenvalue weighted by Crippen LogP contribution is 2.13. The summed E-state index contributed by atoms with van der Waals surface area (Å²) < 4.78 is 12.9. The van der Waals surface area contributed by atoms with E-state index in [0.29, 0.717) is 11.6 Å². The maximum Gasteiger partial charge on any atom is 0.125 e. The minimum Gasteiger partial charge on any atom is -0.395 e.